The quantitative estimate of drug-likeness (QED) is 0.780. The standard InChI is InChI=1S/C13H12Cl3N3/c1-7(2)13-18-10(15)6-11(19-13)17-9-5-3-4-8(14)12(9)16/h3-7H,1-2H3,(H,17,18,19). The third-order valence-electron chi connectivity index (χ3n) is 2.44. The van der Waals surface area contributed by atoms with E-state index in [1.807, 2.05) is 26.0 Å². The number of nitrogens with one attached hydrogen (secondary N) is 1. The van der Waals surface area contributed by atoms with Gasteiger partial charge in [0.1, 0.15) is 16.8 Å². The van der Waals surface area contributed by atoms with Gasteiger partial charge in [-0.25, -0.2) is 9.97 Å². The van der Waals surface area contributed by atoms with Gasteiger partial charge in [0.2, 0.25) is 0 Å². The van der Waals surface area contributed by atoms with Crippen molar-refractivity contribution in [2.75, 3.05) is 5.32 Å². The molecule has 0 atom stereocenters. The molecule has 0 bridgehead atoms. The van der Waals surface area contributed by atoms with Crippen LogP contribution in [-0.2, 0) is 0 Å². The van der Waals surface area contributed by atoms with E-state index in [4.69, 9.17) is 34.8 Å². The van der Waals surface area contributed by atoms with Crippen molar-refractivity contribution >= 4 is 46.3 Å². The molecule has 0 aliphatic carbocycles. The van der Waals surface area contributed by atoms with Crippen molar-refractivity contribution in [2.24, 2.45) is 0 Å². The fraction of sp³-hybridized carbons (Fsp3) is 0.231. The monoisotopic (exact) mass is 315 g/mol. The highest BCUT2D eigenvalue weighted by atomic mass is 35.5. The Balaban J connectivity index is 2.35. The fourth-order valence-corrected chi connectivity index (χ4v) is 2.03. The Kier molecular flexibility index (Phi) is 4.50. The molecular weight excluding hydrogens is 305 g/mol. The Morgan fingerprint density at radius 1 is 1.11 bits per heavy atom. The van der Waals surface area contributed by atoms with Crippen LogP contribution in [0, 0.1) is 0 Å². The number of nitrogens with zero attached hydrogens (tertiary/aromatic N) is 2. The van der Waals surface area contributed by atoms with Gasteiger partial charge in [-0.3, -0.25) is 0 Å². The van der Waals surface area contributed by atoms with Crippen molar-refractivity contribution in [1.29, 1.82) is 0 Å². The van der Waals surface area contributed by atoms with Gasteiger partial charge in [-0.2, -0.15) is 0 Å². The van der Waals surface area contributed by atoms with Crippen molar-refractivity contribution < 1.29 is 0 Å². The van der Waals surface area contributed by atoms with Gasteiger partial charge in [-0.05, 0) is 12.1 Å². The van der Waals surface area contributed by atoms with Gasteiger partial charge in [0.15, 0.2) is 0 Å². The smallest absolute Gasteiger partial charge is 0.135 e. The molecule has 0 radical (unpaired) electrons. The van der Waals surface area contributed by atoms with Crippen LogP contribution in [0.15, 0.2) is 24.3 Å². The molecule has 0 saturated heterocycles. The predicted octanol–water partition coefficient (Wildman–Crippen LogP) is 5.30. The second-order valence-electron chi connectivity index (χ2n) is 4.32. The summed E-state index contributed by atoms with van der Waals surface area (Å²) in [4.78, 5) is 8.56. The Morgan fingerprint density at radius 3 is 2.53 bits per heavy atom. The zero-order chi connectivity index (χ0) is 14.0. The third kappa shape index (κ3) is 3.50. The van der Waals surface area contributed by atoms with E-state index in [9.17, 15) is 0 Å². The Morgan fingerprint density at radius 2 is 1.84 bits per heavy atom. The van der Waals surface area contributed by atoms with Crippen molar-refractivity contribution in [3.05, 3.63) is 45.3 Å². The molecule has 1 aromatic heterocycles. The summed E-state index contributed by atoms with van der Waals surface area (Å²) in [5.41, 5.74) is 0.679. The summed E-state index contributed by atoms with van der Waals surface area (Å²) in [6.45, 7) is 4.00. The van der Waals surface area contributed by atoms with E-state index in [0.717, 1.165) is 0 Å². The molecule has 2 rings (SSSR count). The van der Waals surface area contributed by atoms with Crippen molar-refractivity contribution in [2.45, 2.75) is 19.8 Å². The van der Waals surface area contributed by atoms with Crippen LogP contribution in [0.2, 0.25) is 15.2 Å². The molecule has 0 amide bonds. The molecule has 0 spiro atoms. The second kappa shape index (κ2) is 5.95. The summed E-state index contributed by atoms with van der Waals surface area (Å²) in [5.74, 6) is 1.45. The normalized spacial score (nSPS) is 10.8. The van der Waals surface area contributed by atoms with E-state index in [2.05, 4.69) is 15.3 Å². The zero-order valence-electron chi connectivity index (χ0n) is 10.4. The molecule has 2 aromatic rings. The van der Waals surface area contributed by atoms with Crippen molar-refractivity contribution in [3.8, 4) is 0 Å². The maximum absolute atomic E-state index is 6.11. The summed E-state index contributed by atoms with van der Waals surface area (Å²) in [6.07, 6.45) is 0. The molecule has 0 unspecified atom stereocenters. The molecule has 0 fully saturated rings. The van der Waals surface area contributed by atoms with Gasteiger partial charge < -0.3 is 5.32 Å². The molecule has 1 heterocycles. The third-order valence-corrected chi connectivity index (χ3v) is 3.46. The topological polar surface area (TPSA) is 37.8 Å². The summed E-state index contributed by atoms with van der Waals surface area (Å²) >= 11 is 18.1. The van der Waals surface area contributed by atoms with E-state index in [-0.39, 0.29) is 5.92 Å². The minimum atomic E-state index is 0.189. The Bertz CT molecular complexity index is 600. The average molecular weight is 317 g/mol. The first-order valence-corrected chi connectivity index (χ1v) is 6.86. The van der Waals surface area contributed by atoms with Gasteiger partial charge in [0.25, 0.3) is 0 Å². The molecule has 100 valence electrons. The minimum absolute atomic E-state index is 0.189. The molecule has 0 aliphatic rings. The van der Waals surface area contributed by atoms with Crippen molar-refractivity contribution in [1.82, 2.24) is 9.97 Å². The van der Waals surface area contributed by atoms with E-state index in [1.165, 1.54) is 0 Å². The van der Waals surface area contributed by atoms with E-state index in [1.54, 1.807) is 12.1 Å². The van der Waals surface area contributed by atoms with Gasteiger partial charge in [0.05, 0.1) is 15.7 Å². The van der Waals surface area contributed by atoms with Crippen LogP contribution in [0.3, 0.4) is 0 Å². The lowest BCUT2D eigenvalue weighted by Crippen LogP contribution is -2.02. The molecule has 0 aliphatic heterocycles. The summed E-state index contributed by atoms with van der Waals surface area (Å²) < 4.78 is 0. The first-order chi connectivity index (χ1) is 8.97. The minimum Gasteiger partial charge on any atom is -0.339 e. The van der Waals surface area contributed by atoms with E-state index in [0.29, 0.717) is 32.5 Å². The van der Waals surface area contributed by atoms with Crippen LogP contribution >= 0.6 is 34.8 Å². The Labute approximate surface area is 126 Å². The molecule has 1 aromatic carbocycles. The molecular formula is C13H12Cl3N3. The molecule has 19 heavy (non-hydrogen) atoms. The zero-order valence-corrected chi connectivity index (χ0v) is 12.7. The lowest BCUT2D eigenvalue weighted by molar-refractivity contribution is 0.776. The van der Waals surface area contributed by atoms with Gasteiger partial charge in [-0.1, -0.05) is 54.7 Å². The van der Waals surface area contributed by atoms with Crippen LogP contribution < -0.4 is 5.32 Å². The van der Waals surface area contributed by atoms with Gasteiger partial charge in [0, 0.05) is 12.0 Å². The highest BCUT2D eigenvalue weighted by Gasteiger charge is 2.09. The first kappa shape index (κ1) is 14.4. The van der Waals surface area contributed by atoms with E-state index < -0.39 is 0 Å². The molecule has 6 heteroatoms. The number of hydrogen-bond donors (Lipinski definition) is 1. The largest absolute Gasteiger partial charge is 0.339 e. The second-order valence-corrected chi connectivity index (χ2v) is 5.49. The number of aromatic nitrogens is 2. The van der Waals surface area contributed by atoms with Crippen LogP contribution in [0.4, 0.5) is 11.5 Å². The molecule has 3 nitrogen and oxygen atoms in total. The number of hydrogen-bond acceptors (Lipinski definition) is 3. The molecule has 0 saturated carbocycles. The number of anilines is 2. The Hall–Kier alpha value is -1.03. The summed E-state index contributed by atoms with van der Waals surface area (Å²) in [7, 11) is 0. The highest BCUT2D eigenvalue weighted by Crippen LogP contribution is 2.31. The maximum atomic E-state index is 6.11. The fourth-order valence-electron chi connectivity index (χ4n) is 1.50. The predicted molar refractivity (Wildman–Crippen MR) is 80.9 cm³/mol. The van der Waals surface area contributed by atoms with Gasteiger partial charge in [-0.15, -0.1) is 0 Å². The average Bonchev–Trinajstić information content (AvgIpc) is 2.34. The van der Waals surface area contributed by atoms with Crippen LogP contribution in [0.5, 0.6) is 0 Å². The SMILES string of the molecule is CC(C)c1nc(Cl)cc(Nc2cccc(Cl)c2Cl)n1. The van der Waals surface area contributed by atoms with E-state index >= 15 is 0 Å². The molecule has 1 N–H and O–H groups in total. The van der Waals surface area contributed by atoms with Gasteiger partial charge >= 0.3 is 0 Å². The number of benzene rings is 1. The summed E-state index contributed by atoms with van der Waals surface area (Å²) in [6, 6.07) is 6.99. The van der Waals surface area contributed by atoms with Crippen LogP contribution in [-0.4, -0.2) is 9.97 Å². The summed E-state index contributed by atoms with van der Waals surface area (Å²) in [5, 5.41) is 4.42. The number of halogens is 3. The van der Waals surface area contributed by atoms with Crippen LogP contribution in [0.1, 0.15) is 25.6 Å². The highest BCUT2D eigenvalue weighted by molar-refractivity contribution is 6.43. The van der Waals surface area contributed by atoms with Crippen LogP contribution in [0.25, 0.3) is 0 Å². The lowest BCUT2D eigenvalue weighted by Gasteiger charge is -2.11. The maximum Gasteiger partial charge on any atom is 0.135 e. The number of rotatable bonds is 3. The lowest BCUT2D eigenvalue weighted by atomic mass is 10.2. The first-order valence-electron chi connectivity index (χ1n) is 5.73. The van der Waals surface area contributed by atoms with Crippen molar-refractivity contribution in [3.63, 3.8) is 0 Å².